The average molecular weight is 208 g/mol. The number of hydrogen-bond acceptors (Lipinski definition) is 3. The molecule has 0 aliphatic carbocycles. The fourth-order valence-corrected chi connectivity index (χ4v) is 1.21. The first-order valence-corrected chi connectivity index (χ1v) is 4.97. The maximum atomic E-state index is 11.3. The van der Waals surface area contributed by atoms with Crippen molar-refractivity contribution in [1.82, 2.24) is 5.32 Å². The van der Waals surface area contributed by atoms with Crippen LogP contribution in [0.1, 0.15) is 18.9 Å². The van der Waals surface area contributed by atoms with Gasteiger partial charge >= 0.3 is 0 Å². The number of carbonyl (C=O) groups excluding carboxylic acids is 1. The smallest absolute Gasteiger partial charge is 0.224 e. The molecule has 1 aromatic rings. The summed E-state index contributed by atoms with van der Waals surface area (Å²) in [5.41, 5.74) is 6.54. The van der Waals surface area contributed by atoms with Crippen LogP contribution in [0.15, 0.2) is 18.2 Å². The molecule has 0 saturated heterocycles. The summed E-state index contributed by atoms with van der Waals surface area (Å²) >= 11 is 0. The van der Waals surface area contributed by atoms with Crippen molar-refractivity contribution >= 4 is 11.6 Å². The first-order valence-electron chi connectivity index (χ1n) is 4.97. The third kappa shape index (κ3) is 3.50. The van der Waals surface area contributed by atoms with E-state index in [4.69, 9.17) is 5.73 Å². The number of benzene rings is 1. The van der Waals surface area contributed by atoms with E-state index in [1.165, 1.54) is 6.07 Å². The topological polar surface area (TPSA) is 75.4 Å². The third-order valence-corrected chi connectivity index (χ3v) is 2.03. The number of amides is 1. The van der Waals surface area contributed by atoms with Crippen LogP contribution in [0.5, 0.6) is 5.75 Å². The highest BCUT2D eigenvalue weighted by Crippen LogP contribution is 2.20. The van der Waals surface area contributed by atoms with Gasteiger partial charge in [-0.1, -0.05) is 13.0 Å². The molecule has 0 bridgehead atoms. The number of hydrogen-bond donors (Lipinski definition) is 3. The van der Waals surface area contributed by atoms with Gasteiger partial charge in [0.25, 0.3) is 0 Å². The number of anilines is 1. The monoisotopic (exact) mass is 208 g/mol. The molecule has 1 rings (SSSR count). The Hall–Kier alpha value is -1.71. The highest BCUT2D eigenvalue weighted by Gasteiger charge is 2.04. The van der Waals surface area contributed by atoms with Crippen molar-refractivity contribution in [3.8, 4) is 5.75 Å². The summed E-state index contributed by atoms with van der Waals surface area (Å²) in [5, 5.41) is 12.1. The van der Waals surface area contributed by atoms with E-state index in [1.807, 2.05) is 6.92 Å². The van der Waals surface area contributed by atoms with E-state index in [-0.39, 0.29) is 18.1 Å². The molecule has 0 aromatic heterocycles. The van der Waals surface area contributed by atoms with Crippen LogP contribution < -0.4 is 11.1 Å². The fourth-order valence-electron chi connectivity index (χ4n) is 1.21. The van der Waals surface area contributed by atoms with Crippen LogP contribution in [-0.4, -0.2) is 17.6 Å². The normalized spacial score (nSPS) is 9.93. The Morgan fingerprint density at radius 1 is 1.53 bits per heavy atom. The van der Waals surface area contributed by atoms with E-state index in [1.54, 1.807) is 12.1 Å². The van der Waals surface area contributed by atoms with Gasteiger partial charge in [-0.2, -0.15) is 0 Å². The lowest BCUT2D eigenvalue weighted by atomic mass is 10.1. The molecule has 0 unspecified atom stereocenters. The molecular weight excluding hydrogens is 192 g/mol. The van der Waals surface area contributed by atoms with E-state index in [2.05, 4.69) is 5.32 Å². The predicted octanol–water partition coefficient (Wildman–Crippen LogP) is 1.04. The number of nitrogen functional groups attached to an aromatic ring is 1. The molecule has 0 saturated carbocycles. The van der Waals surface area contributed by atoms with Gasteiger partial charge in [0.1, 0.15) is 5.75 Å². The van der Waals surface area contributed by atoms with Gasteiger partial charge in [0.15, 0.2) is 0 Å². The minimum absolute atomic E-state index is 0.0239. The molecular formula is C11H16N2O2. The summed E-state index contributed by atoms with van der Waals surface area (Å²) in [6.07, 6.45) is 1.19. The Balaban J connectivity index is 2.57. The van der Waals surface area contributed by atoms with Gasteiger partial charge in [-0.3, -0.25) is 4.79 Å². The quantitative estimate of drug-likeness (QED) is 0.511. The molecule has 4 heteroatoms. The SMILES string of the molecule is CCCNC(=O)Cc1ccc(N)c(O)c1. The molecule has 0 radical (unpaired) electrons. The summed E-state index contributed by atoms with van der Waals surface area (Å²) in [6, 6.07) is 4.85. The van der Waals surface area contributed by atoms with Crippen molar-refractivity contribution in [2.75, 3.05) is 12.3 Å². The molecule has 0 aliphatic rings. The first-order chi connectivity index (χ1) is 7.13. The number of carbonyl (C=O) groups is 1. The van der Waals surface area contributed by atoms with Gasteiger partial charge in [-0.05, 0) is 24.1 Å². The van der Waals surface area contributed by atoms with Gasteiger partial charge in [-0.25, -0.2) is 0 Å². The van der Waals surface area contributed by atoms with Gasteiger partial charge < -0.3 is 16.2 Å². The lowest BCUT2D eigenvalue weighted by Crippen LogP contribution is -2.25. The lowest BCUT2D eigenvalue weighted by molar-refractivity contribution is -0.120. The highest BCUT2D eigenvalue weighted by atomic mass is 16.3. The van der Waals surface area contributed by atoms with Crippen molar-refractivity contribution in [1.29, 1.82) is 0 Å². The Morgan fingerprint density at radius 3 is 2.87 bits per heavy atom. The van der Waals surface area contributed by atoms with Crippen LogP contribution in [0.4, 0.5) is 5.69 Å². The number of phenols is 1. The van der Waals surface area contributed by atoms with Crippen LogP contribution in [-0.2, 0) is 11.2 Å². The Labute approximate surface area is 89.1 Å². The van der Waals surface area contributed by atoms with Crippen LogP contribution >= 0.6 is 0 Å². The largest absolute Gasteiger partial charge is 0.506 e. The van der Waals surface area contributed by atoms with Crippen LogP contribution in [0.25, 0.3) is 0 Å². The first kappa shape index (κ1) is 11.4. The lowest BCUT2D eigenvalue weighted by Gasteiger charge is -2.05. The van der Waals surface area contributed by atoms with Gasteiger partial charge in [0.2, 0.25) is 5.91 Å². The molecule has 82 valence electrons. The number of nitrogens with one attached hydrogen (secondary N) is 1. The van der Waals surface area contributed by atoms with Crippen molar-refractivity contribution < 1.29 is 9.90 Å². The zero-order chi connectivity index (χ0) is 11.3. The Bertz CT molecular complexity index is 350. The van der Waals surface area contributed by atoms with Gasteiger partial charge in [0, 0.05) is 6.54 Å². The van der Waals surface area contributed by atoms with E-state index in [0.29, 0.717) is 12.2 Å². The summed E-state index contributed by atoms with van der Waals surface area (Å²) in [5.74, 6) is -0.0168. The maximum absolute atomic E-state index is 11.3. The average Bonchev–Trinajstić information content (AvgIpc) is 2.20. The molecule has 0 spiro atoms. The summed E-state index contributed by atoms with van der Waals surface area (Å²) in [7, 11) is 0. The minimum atomic E-state index is -0.0407. The van der Waals surface area contributed by atoms with Crippen LogP contribution in [0.3, 0.4) is 0 Å². The molecule has 0 atom stereocenters. The predicted molar refractivity (Wildman–Crippen MR) is 59.5 cm³/mol. The second kappa shape index (κ2) is 5.24. The van der Waals surface area contributed by atoms with E-state index in [9.17, 15) is 9.90 Å². The Morgan fingerprint density at radius 2 is 2.27 bits per heavy atom. The summed E-state index contributed by atoms with van der Waals surface area (Å²) in [6.45, 7) is 2.68. The van der Waals surface area contributed by atoms with Crippen LogP contribution in [0.2, 0.25) is 0 Å². The third-order valence-electron chi connectivity index (χ3n) is 2.03. The van der Waals surface area contributed by atoms with E-state index in [0.717, 1.165) is 12.0 Å². The van der Waals surface area contributed by atoms with Gasteiger partial charge in [-0.15, -0.1) is 0 Å². The number of nitrogens with two attached hydrogens (primary N) is 1. The molecule has 0 fully saturated rings. The molecule has 4 N–H and O–H groups in total. The van der Waals surface area contributed by atoms with E-state index < -0.39 is 0 Å². The van der Waals surface area contributed by atoms with Crippen LogP contribution in [0, 0.1) is 0 Å². The fraction of sp³-hybridized carbons (Fsp3) is 0.364. The van der Waals surface area contributed by atoms with Gasteiger partial charge in [0.05, 0.1) is 12.1 Å². The highest BCUT2D eigenvalue weighted by molar-refractivity contribution is 5.78. The molecule has 4 nitrogen and oxygen atoms in total. The maximum Gasteiger partial charge on any atom is 0.224 e. The molecule has 0 aliphatic heterocycles. The minimum Gasteiger partial charge on any atom is -0.506 e. The number of rotatable bonds is 4. The molecule has 15 heavy (non-hydrogen) atoms. The zero-order valence-electron chi connectivity index (χ0n) is 8.79. The Kier molecular flexibility index (Phi) is 3.97. The second-order valence-corrected chi connectivity index (χ2v) is 3.42. The number of aromatic hydroxyl groups is 1. The van der Waals surface area contributed by atoms with Crippen molar-refractivity contribution in [2.45, 2.75) is 19.8 Å². The summed E-state index contributed by atoms with van der Waals surface area (Å²) < 4.78 is 0. The van der Waals surface area contributed by atoms with Crippen molar-refractivity contribution in [3.63, 3.8) is 0 Å². The van der Waals surface area contributed by atoms with E-state index >= 15 is 0 Å². The molecule has 1 aromatic carbocycles. The molecule has 0 heterocycles. The van der Waals surface area contributed by atoms with Crippen molar-refractivity contribution in [2.24, 2.45) is 0 Å². The second-order valence-electron chi connectivity index (χ2n) is 3.42. The summed E-state index contributed by atoms with van der Waals surface area (Å²) in [4.78, 5) is 11.3. The standard InChI is InChI=1S/C11H16N2O2/c1-2-5-13-11(15)7-8-3-4-9(12)10(14)6-8/h3-4,6,14H,2,5,7,12H2,1H3,(H,13,15). The van der Waals surface area contributed by atoms with Crippen molar-refractivity contribution in [3.05, 3.63) is 23.8 Å². The molecule has 1 amide bonds. The zero-order valence-corrected chi connectivity index (χ0v) is 8.79. The number of phenolic OH excluding ortho intramolecular Hbond substituents is 1.